The molecule has 0 N–H and O–H groups in total. The highest BCUT2D eigenvalue weighted by atomic mass is 35.5. The van der Waals surface area contributed by atoms with Crippen LogP contribution in [-0.2, 0) is 12.8 Å². The standard InChI is InChI=1S/C16H18ClNO/c1-2-19-11-8-9-15-13(10-11)16(17)12-6-4-3-5-7-14(12)18-15/h8-10H,2-7H2,1H3. The van der Waals surface area contributed by atoms with Gasteiger partial charge in [-0.2, -0.15) is 0 Å². The third-order valence-corrected chi connectivity index (χ3v) is 4.16. The lowest BCUT2D eigenvalue weighted by atomic mass is 10.0. The molecule has 0 bridgehead atoms. The maximum Gasteiger partial charge on any atom is 0.120 e. The second kappa shape index (κ2) is 5.38. The van der Waals surface area contributed by atoms with Crippen molar-refractivity contribution >= 4 is 22.5 Å². The lowest BCUT2D eigenvalue weighted by Gasteiger charge is -2.12. The summed E-state index contributed by atoms with van der Waals surface area (Å²) in [6, 6.07) is 6.00. The smallest absolute Gasteiger partial charge is 0.120 e. The van der Waals surface area contributed by atoms with Crippen molar-refractivity contribution in [1.82, 2.24) is 4.98 Å². The molecule has 0 unspecified atom stereocenters. The van der Waals surface area contributed by atoms with Gasteiger partial charge in [-0.25, -0.2) is 0 Å². The Balaban J connectivity index is 2.17. The molecule has 1 aromatic carbocycles. The predicted molar refractivity (Wildman–Crippen MR) is 79.2 cm³/mol. The fraction of sp³-hybridized carbons (Fsp3) is 0.438. The summed E-state index contributed by atoms with van der Waals surface area (Å²) in [6.45, 7) is 2.66. The summed E-state index contributed by atoms with van der Waals surface area (Å²) < 4.78 is 5.55. The van der Waals surface area contributed by atoms with E-state index in [0.717, 1.165) is 34.5 Å². The number of fused-ring (bicyclic) bond motifs is 2. The van der Waals surface area contributed by atoms with Gasteiger partial charge in [-0.15, -0.1) is 0 Å². The zero-order valence-electron chi connectivity index (χ0n) is 11.2. The lowest BCUT2D eigenvalue weighted by molar-refractivity contribution is 0.340. The summed E-state index contributed by atoms with van der Waals surface area (Å²) in [4.78, 5) is 4.80. The van der Waals surface area contributed by atoms with E-state index in [1.54, 1.807) is 0 Å². The second-order valence-corrected chi connectivity index (χ2v) is 5.40. The quantitative estimate of drug-likeness (QED) is 0.750. The summed E-state index contributed by atoms with van der Waals surface area (Å²) in [7, 11) is 0. The van der Waals surface area contributed by atoms with Crippen LogP contribution < -0.4 is 4.74 Å². The van der Waals surface area contributed by atoms with Crippen LogP contribution in [0.3, 0.4) is 0 Å². The number of aryl methyl sites for hydroxylation is 1. The summed E-state index contributed by atoms with van der Waals surface area (Å²) in [6.07, 6.45) is 5.81. The minimum atomic E-state index is 0.668. The van der Waals surface area contributed by atoms with Crippen molar-refractivity contribution in [2.75, 3.05) is 6.61 Å². The molecule has 3 heteroatoms. The SMILES string of the molecule is CCOc1ccc2nc3c(c(Cl)c2c1)CCCCC3. The molecular formula is C16H18ClNO. The van der Waals surface area contributed by atoms with E-state index in [4.69, 9.17) is 21.3 Å². The number of rotatable bonds is 2. The highest BCUT2D eigenvalue weighted by Crippen LogP contribution is 2.33. The van der Waals surface area contributed by atoms with E-state index in [1.807, 2.05) is 25.1 Å². The molecule has 0 saturated carbocycles. The molecule has 0 atom stereocenters. The van der Waals surface area contributed by atoms with Crippen molar-refractivity contribution in [1.29, 1.82) is 0 Å². The Bertz CT molecular complexity index is 609. The number of halogens is 1. The average molecular weight is 276 g/mol. The van der Waals surface area contributed by atoms with Gasteiger partial charge < -0.3 is 4.74 Å². The Labute approximate surface area is 118 Å². The highest BCUT2D eigenvalue weighted by molar-refractivity contribution is 6.36. The van der Waals surface area contributed by atoms with Crippen LogP contribution in [0, 0.1) is 0 Å². The summed E-state index contributed by atoms with van der Waals surface area (Å²) >= 11 is 6.61. The van der Waals surface area contributed by atoms with Crippen LogP contribution in [0.2, 0.25) is 5.02 Å². The van der Waals surface area contributed by atoms with Crippen LogP contribution in [0.5, 0.6) is 5.75 Å². The van der Waals surface area contributed by atoms with Crippen molar-refractivity contribution in [2.24, 2.45) is 0 Å². The average Bonchev–Trinajstić information content (AvgIpc) is 2.65. The van der Waals surface area contributed by atoms with Crippen molar-refractivity contribution in [2.45, 2.75) is 39.0 Å². The molecule has 1 aliphatic carbocycles. The van der Waals surface area contributed by atoms with Crippen LogP contribution in [0.4, 0.5) is 0 Å². The van der Waals surface area contributed by atoms with Crippen LogP contribution >= 0.6 is 11.6 Å². The van der Waals surface area contributed by atoms with E-state index in [9.17, 15) is 0 Å². The van der Waals surface area contributed by atoms with E-state index in [2.05, 4.69) is 0 Å². The maximum atomic E-state index is 6.61. The number of benzene rings is 1. The van der Waals surface area contributed by atoms with Gasteiger partial charge in [0.15, 0.2) is 0 Å². The first-order valence-corrected chi connectivity index (χ1v) is 7.41. The van der Waals surface area contributed by atoms with Gasteiger partial charge in [0.25, 0.3) is 0 Å². The molecule has 0 radical (unpaired) electrons. The number of pyridine rings is 1. The van der Waals surface area contributed by atoms with Crippen molar-refractivity contribution in [3.63, 3.8) is 0 Å². The molecule has 19 heavy (non-hydrogen) atoms. The molecule has 3 rings (SSSR count). The highest BCUT2D eigenvalue weighted by Gasteiger charge is 2.16. The van der Waals surface area contributed by atoms with E-state index >= 15 is 0 Å². The molecule has 1 heterocycles. The van der Waals surface area contributed by atoms with Crippen LogP contribution in [0.15, 0.2) is 18.2 Å². The third-order valence-electron chi connectivity index (χ3n) is 3.72. The summed E-state index contributed by atoms with van der Waals surface area (Å²) in [5.74, 6) is 0.868. The van der Waals surface area contributed by atoms with Crippen molar-refractivity contribution < 1.29 is 4.74 Å². The van der Waals surface area contributed by atoms with E-state index in [1.165, 1.54) is 30.5 Å². The molecule has 2 nitrogen and oxygen atoms in total. The van der Waals surface area contributed by atoms with Gasteiger partial charge in [0.05, 0.1) is 17.1 Å². The molecule has 2 aromatic rings. The van der Waals surface area contributed by atoms with Crippen LogP contribution in [0.1, 0.15) is 37.4 Å². The van der Waals surface area contributed by atoms with Gasteiger partial charge in [-0.05, 0) is 56.4 Å². The zero-order valence-corrected chi connectivity index (χ0v) is 12.0. The molecule has 0 saturated heterocycles. The monoisotopic (exact) mass is 275 g/mol. The predicted octanol–water partition coefficient (Wildman–Crippen LogP) is 4.56. The summed E-state index contributed by atoms with van der Waals surface area (Å²) in [5.41, 5.74) is 3.42. The first-order valence-electron chi connectivity index (χ1n) is 7.03. The minimum absolute atomic E-state index is 0.668. The Morgan fingerprint density at radius 1 is 1.21 bits per heavy atom. The van der Waals surface area contributed by atoms with Gasteiger partial charge in [-0.3, -0.25) is 4.98 Å². The fourth-order valence-electron chi connectivity index (χ4n) is 2.78. The molecule has 100 valence electrons. The zero-order chi connectivity index (χ0) is 13.2. The number of hydrogen-bond acceptors (Lipinski definition) is 2. The second-order valence-electron chi connectivity index (χ2n) is 5.02. The number of ether oxygens (including phenoxy) is 1. The van der Waals surface area contributed by atoms with Crippen molar-refractivity contribution in [3.05, 3.63) is 34.5 Å². The van der Waals surface area contributed by atoms with Gasteiger partial charge in [0.1, 0.15) is 5.75 Å². The number of hydrogen-bond donors (Lipinski definition) is 0. The van der Waals surface area contributed by atoms with Crippen LogP contribution in [-0.4, -0.2) is 11.6 Å². The molecule has 1 aliphatic rings. The molecule has 0 aliphatic heterocycles. The molecular weight excluding hydrogens is 258 g/mol. The Morgan fingerprint density at radius 3 is 2.89 bits per heavy atom. The fourth-order valence-corrected chi connectivity index (χ4v) is 3.13. The molecule has 0 fully saturated rings. The topological polar surface area (TPSA) is 22.1 Å². The Hall–Kier alpha value is -1.28. The Morgan fingerprint density at radius 2 is 2.05 bits per heavy atom. The van der Waals surface area contributed by atoms with E-state index in [-0.39, 0.29) is 0 Å². The molecule has 0 amide bonds. The van der Waals surface area contributed by atoms with Gasteiger partial charge in [-0.1, -0.05) is 18.0 Å². The van der Waals surface area contributed by atoms with Crippen LogP contribution in [0.25, 0.3) is 10.9 Å². The number of aromatic nitrogens is 1. The maximum absolute atomic E-state index is 6.61. The van der Waals surface area contributed by atoms with Gasteiger partial charge in [0.2, 0.25) is 0 Å². The molecule has 1 aromatic heterocycles. The number of nitrogens with zero attached hydrogens (tertiary/aromatic N) is 1. The third kappa shape index (κ3) is 2.42. The van der Waals surface area contributed by atoms with E-state index in [0.29, 0.717) is 6.61 Å². The first-order chi connectivity index (χ1) is 9.29. The van der Waals surface area contributed by atoms with Gasteiger partial charge in [0, 0.05) is 11.1 Å². The van der Waals surface area contributed by atoms with Gasteiger partial charge >= 0.3 is 0 Å². The minimum Gasteiger partial charge on any atom is -0.494 e. The summed E-state index contributed by atoms with van der Waals surface area (Å²) in [5, 5.41) is 1.90. The van der Waals surface area contributed by atoms with E-state index < -0.39 is 0 Å². The Kier molecular flexibility index (Phi) is 3.61. The lowest BCUT2D eigenvalue weighted by Crippen LogP contribution is -1.99. The normalized spacial score (nSPS) is 15.1. The largest absolute Gasteiger partial charge is 0.494 e. The molecule has 0 spiro atoms. The first kappa shape index (κ1) is 12.7. The van der Waals surface area contributed by atoms with Crippen molar-refractivity contribution in [3.8, 4) is 5.75 Å².